The number of benzene rings is 1. The van der Waals surface area contributed by atoms with Crippen LogP contribution in [0.3, 0.4) is 0 Å². The summed E-state index contributed by atoms with van der Waals surface area (Å²) in [4.78, 5) is 23.7. The Morgan fingerprint density at radius 3 is 2.58 bits per heavy atom. The van der Waals surface area contributed by atoms with Gasteiger partial charge in [0.05, 0.1) is 11.6 Å². The SMILES string of the molecule is Cc1cc(C)c(C(=O)O)cc1NC(=O)c1ccn(C2CCCC2)n1. The number of carboxylic acids is 1. The largest absolute Gasteiger partial charge is 0.478 e. The van der Waals surface area contributed by atoms with Crippen molar-refractivity contribution in [1.29, 1.82) is 0 Å². The second-order valence-electron chi connectivity index (χ2n) is 6.36. The lowest BCUT2D eigenvalue weighted by Gasteiger charge is -2.11. The molecule has 6 nitrogen and oxygen atoms in total. The zero-order valence-electron chi connectivity index (χ0n) is 13.9. The van der Waals surface area contributed by atoms with Crippen LogP contribution >= 0.6 is 0 Å². The molecule has 6 heteroatoms. The first-order chi connectivity index (χ1) is 11.5. The number of hydrogen-bond acceptors (Lipinski definition) is 3. The number of aryl methyl sites for hydroxylation is 2. The maximum Gasteiger partial charge on any atom is 0.336 e. The summed E-state index contributed by atoms with van der Waals surface area (Å²) >= 11 is 0. The fourth-order valence-electron chi connectivity index (χ4n) is 3.23. The van der Waals surface area contributed by atoms with E-state index in [1.54, 1.807) is 19.1 Å². The van der Waals surface area contributed by atoms with E-state index in [2.05, 4.69) is 10.4 Å². The van der Waals surface area contributed by atoms with Crippen molar-refractivity contribution in [3.63, 3.8) is 0 Å². The minimum atomic E-state index is -1.01. The van der Waals surface area contributed by atoms with Crippen molar-refractivity contribution in [2.24, 2.45) is 0 Å². The maximum absolute atomic E-state index is 12.4. The van der Waals surface area contributed by atoms with Gasteiger partial charge in [0, 0.05) is 11.9 Å². The van der Waals surface area contributed by atoms with E-state index in [-0.39, 0.29) is 11.5 Å². The number of rotatable bonds is 4. The third-order valence-electron chi connectivity index (χ3n) is 4.59. The van der Waals surface area contributed by atoms with E-state index in [0.29, 0.717) is 23.0 Å². The van der Waals surface area contributed by atoms with Crippen molar-refractivity contribution in [3.8, 4) is 0 Å². The van der Waals surface area contributed by atoms with Gasteiger partial charge < -0.3 is 10.4 Å². The fraction of sp³-hybridized carbons (Fsp3) is 0.389. The number of anilines is 1. The first kappa shape index (κ1) is 16.2. The Bertz CT molecular complexity index is 789. The normalized spacial score (nSPS) is 14.8. The van der Waals surface area contributed by atoms with Gasteiger partial charge in [-0.25, -0.2) is 4.79 Å². The van der Waals surface area contributed by atoms with Gasteiger partial charge in [-0.1, -0.05) is 18.9 Å². The molecule has 1 saturated carbocycles. The van der Waals surface area contributed by atoms with Crippen LogP contribution in [0.25, 0.3) is 0 Å². The summed E-state index contributed by atoms with van der Waals surface area (Å²) in [6, 6.07) is 5.34. The molecule has 1 fully saturated rings. The molecule has 0 atom stereocenters. The van der Waals surface area contributed by atoms with Crippen molar-refractivity contribution in [2.75, 3.05) is 5.32 Å². The maximum atomic E-state index is 12.4. The van der Waals surface area contributed by atoms with Gasteiger partial charge >= 0.3 is 5.97 Å². The van der Waals surface area contributed by atoms with E-state index in [0.717, 1.165) is 18.4 Å². The Hall–Kier alpha value is -2.63. The van der Waals surface area contributed by atoms with E-state index in [1.807, 2.05) is 17.8 Å². The van der Waals surface area contributed by atoms with Crippen LogP contribution < -0.4 is 5.32 Å². The fourth-order valence-corrected chi connectivity index (χ4v) is 3.23. The van der Waals surface area contributed by atoms with Crippen molar-refractivity contribution >= 4 is 17.6 Å². The summed E-state index contributed by atoms with van der Waals surface area (Å²) in [6.45, 7) is 3.58. The predicted molar refractivity (Wildman–Crippen MR) is 90.6 cm³/mol. The van der Waals surface area contributed by atoms with Crippen molar-refractivity contribution < 1.29 is 14.7 Å². The Labute approximate surface area is 140 Å². The van der Waals surface area contributed by atoms with Gasteiger partial charge in [-0.2, -0.15) is 5.10 Å². The summed E-state index contributed by atoms with van der Waals surface area (Å²) in [5, 5.41) is 16.4. The van der Waals surface area contributed by atoms with E-state index < -0.39 is 5.97 Å². The summed E-state index contributed by atoms with van der Waals surface area (Å²) in [5.74, 6) is -1.33. The number of nitrogens with zero attached hydrogens (tertiary/aromatic N) is 2. The lowest BCUT2D eigenvalue weighted by molar-refractivity contribution is 0.0695. The minimum Gasteiger partial charge on any atom is -0.478 e. The molecule has 1 aromatic heterocycles. The highest BCUT2D eigenvalue weighted by Crippen LogP contribution is 2.29. The molecule has 0 unspecified atom stereocenters. The van der Waals surface area contributed by atoms with Crippen LogP contribution in [0.1, 0.15) is 63.7 Å². The average Bonchev–Trinajstić information content (AvgIpc) is 3.19. The summed E-state index contributed by atoms with van der Waals surface area (Å²) in [6.07, 6.45) is 6.44. The van der Waals surface area contributed by atoms with Crippen molar-refractivity contribution in [3.05, 3.63) is 46.8 Å². The number of carboxylic acid groups (broad SMARTS) is 1. The van der Waals surface area contributed by atoms with Crippen molar-refractivity contribution in [1.82, 2.24) is 9.78 Å². The van der Waals surface area contributed by atoms with Crippen LogP contribution in [0, 0.1) is 13.8 Å². The van der Waals surface area contributed by atoms with Crippen LogP contribution in [0.2, 0.25) is 0 Å². The summed E-state index contributed by atoms with van der Waals surface area (Å²) in [7, 11) is 0. The molecule has 0 saturated heterocycles. The third kappa shape index (κ3) is 3.18. The Balaban J connectivity index is 1.79. The molecule has 1 aromatic carbocycles. The predicted octanol–water partition coefficient (Wildman–Crippen LogP) is 3.57. The number of nitrogens with one attached hydrogen (secondary N) is 1. The van der Waals surface area contributed by atoms with Gasteiger partial charge in [-0.3, -0.25) is 9.48 Å². The van der Waals surface area contributed by atoms with Gasteiger partial charge in [0.25, 0.3) is 5.91 Å². The molecule has 1 aliphatic rings. The molecule has 1 amide bonds. The quantitative estimate of drug-likeness (QED) is 0.899. The number of hydrogen-bond donors (Lipinski definition) is 2. The van der Waals surface area contributed by atoms with Gasteiger partial charge in [-0.15, -0.1) is 0 Å². The minimum absolute atomic E-state index is 0.187. The monoisotopic (exact) mass is 327 g/mol. The molecule has 0 radical (unpaired) electrons. The van der Waals surface area contributed by atoms with Crippen LogP contribution in [0.4, 0.5) is 5.69 Å². The van der Waals surface area contributed by atoms with Gasteiger partial charge in [-0.05, 0) is 49.9 Å². The molecule has 0 bridgehead atoms. The molecular formula is C18H21N3O3. The highest BCUT2D eigenvalue weighted by molar-refractivity contribution is 6.04. The highest BCUT2D eigenvalue weighted by atomic mass is 16.4. The zero-order valence-corrected chi connectivity index (χ0v) is 13.9. The third-order valence-corrected chi connectivity index (χ3v) is 4.59. The Morgan fingerprint density at radius 1 is 1.21 bits per heavy atom. The first-order valence-electron chi connectivity index (χ1n) is 8.17. The molecular weight excluding hydrogens is 306 g/mol. The molecule has 3 rings (SSSR count). The molecule has 126 valence electrons. The first-order valence-corrected chi connectivity index (χ1v) is 8.17. The van der Waals surface area contributed by atoms with Crippen LogP contribution in [-0.2, 0) is 0 Å². The van der Waals surface area contributed by atoms with Crippen LogP contribution in [-0.4, -0.2) is 26.8 Å². The van der Waals surface area contributed by atoms with E-state index in [9.17, 15) is 14.7 Å². The number of amides is 1. The number of aromatic carboxylic acids is 1. The Morgan fingerprint density at radius 2 is 1.92 bits per heavy atom. The molecule has 24 heavy (non-hydrogen) atoms. The van der Waals surface area contributed by atoms with E-state index >= 15 is 0 Å². The van der Waals surface area contributed by atoms with Gasteiger partial charge in [0.2, 0.25) is 0 Å². The number of carbonyl (C=O) groups is 2. The van der Waals surface area contributed by atoms with Crippen LogP contribution in [0.15, 0.2) is 24.4 Å². The summed E-state index contributed by atoms with van der Waals surface area (Å²) < 4.78 is 1.87. The molecule has 1 aliphatic carbocycles. The lowest BCUT2D eigenvalue weighted by atomic mass is 10.0. The second-order valence-corrected chi connectivity index (χ2v) is 6.36. The van der Waals surface area contributed by atoms with Crippen LogP contribution in [0.5, 0.6) is 0 Å². The molecule has 2 N–H and O–H groups in total. The number of aromatic nitrogens is 2. The smallest absolute Gasteiger partial charge is 0.336 e. The Kier molecular flexibility index (Phi) is 4.38. The summed E-state index contributed by atoms with van der Waals surface area (Å²) in [5.41, 5.74) is 2.52. The van der Waals surface area contributed by atoms with E-state index in [1.165, 1.54) is 18.9 Å². The molecule has 0 spiro atoms. The van der Waals surface area contributed by atoms with Crippen molar-refractivity contribution in [2.45, 2.75) is 45.6 Å². The van der Waals surface area contributed by atoms with Gasteiger partial charge in [0.15, 0.2) is 5.69 Å². The molecule has 1 heterocycles. The zero-order chi connectivity index (χ0) is 17.3. The second kappa shape index (κ2) is 6.47. The number of carbonyl (C=O) groups excluding carboxylic acids is 1. The molecule has 0 aliphatic heterocycles. The van der Waals surface area contributed by atoms with Gasteiger partial charge in [0.1, 0.15) is 0 Å². The average molecular weight is 327 g/mol. The topological polar surface area (TPSA) is 84.2 Å². The van der Waals surface area contributed by atoms with E-state index in [4.69, 9.17) is 0 Å². The standard InChI is InChI=1S/C18H21N3O3/c1-11-9-12(2)16(10-14(11)18(23)24)19-17(22)15-7-8-21(20-15)13-5-3-4-6-13/h7-10,13H,3-6H2,1-2H3,(H,19,22)(H,23,24). The lowest BCUT2D eigenvalue weighted by Crippen LogP contribution is -2.16. The highest BCUT2D eigenvalue weighted by Gasteiger charge is 2.20. The molecule has 2 aromatic rings.